The summed E-state index contributed by atoms with van der Waals surface area (Å²) in [6.07, 6.45) is 0. The quantitative estimate of drug-likeness (QED) is 0.550. The van der Waals surface area contributed by atoms with Gasteiger partial charge in [-0.05, 0) is 11.8 Å². The zero-order valence-corrected chi connectivity index (χ0v) is 8.77. The van der Waals surface area contributed by atoms with Gasteiger partial charge in [0.15, 0.2) is 0 Å². The summed E-state index contributed by atoms with van der Waals surface area (Å²) >= 11 is 1.80. The van der Waals surface area contributed by atoms with Crippen molar-refractivity contribution < 1.29 is 4.79 Å². The Kier molecular flexibility index (Phi) is 2.18. The minimum Gasteiger partial charge on any atom is -0.351 e. The van der Waals surface area contributed by atoms with E-state index in [1.807, 2.05) is 0 Å². The molecule has 0 aromatic heterocycles. The van der Waals surface area contributed by atoms with Crippen molar-refractivity contribution in [2.45, 2.75) is 12.1 Å². The van der Waals surface area contributed by atoms with Gasteiger partial charge < -0.3 is 10.6 Å². The summed E-state index contributed by atoms with van der Waals surface area (Å²) in [4.78, 5) is 11.7. The lowest BCUT2D eigenvalue weighted by atomic mass is 10.3. The van der Waals surface area contributed by atoms with Crippen LogP contribution in [0.15, 0.2) is 0 Å². The van der Waals surface area contributed by atoms with Crippen LogP contribution in [0, 0.1) is 11.8 Å². The number of hydrogen-bond acceptors (Lipinski definition) is 4. The van der Waals surface area contributed by atoms with Crippen molar-refractivity contribution in [1.29, 1.82) is 0 Å². The second-order valence-electron chi connectivity index (χ2n) is 4.29. The topological polar surface area (TPSA) is 53.2 Å². The fraction of sp³-hybridized carbons (Fsp3) is 0.889. The fourth-order valence-corrected chi connectivity index (χ4v) is 3.40. The van der Waals surface area contributed by atoms with Crippen LogP contribution in [-0.4, -0.2) is 42.7 Å². The molecular formula is C9H15N3OS. The molecule has 1 amide bonds. The summed E-state index contributed by atoms with van der Waals surface area (Å²) in [7, 11) is 0. The van der Waals surface area contributed by atoms with Crippen LogP contribution in [0.4, 0.5) is 0 Å². The van der Waals surface area contributed by atoms with Crippen molar-refractivity contribution in [3.8, 4) is 0 Å². The Morgan fingerprint density at radius 3 is 2.79 bits per heavy atom. The first-order valence-corrected chi connectivity index (χ1v) is 6.34. The van der Waals surface area contributed by atoms with Gasteiger partial charge in [0.05, 0.1) is 6.04 Å². The number of fused-ring (bicyclic) bond motifs is 1. The lowest BCUT2D eigenvalue weighted by molar-refractivity contribution is -0.122. The van der Waals surface area contributed by atoms with Crippen LogP contribution in [0.1, 0.15) is 0 Å². The second-order valence-corrected chi connectivity index (χ2v) is 5.32. The molecular weight excluding hydrogens is 198 g/mol. The average molecular weight is 213 g/mol. The van der Waals surface area contributed by atoms with E-state index < -0.39 is 0 Å². The minimum atomic E-state index is 0.0503. The molecule has 14 heavy (non-hydrogen) atoms. The van der Waals surface area contributed by atoms with Gasteiger partial charge in [0.1, 0.15) is 0 Å². The molecule has 3 aliphatic rings. The maximum atomic E-state index is 11.7. The number of carbonyl (C=O) groups excluding carboxylic acids is 1. The van der Waals surface area contributed by atoms with Crippen LogP contribution in [0.25, 0.3) is 0 Å². The van der Waals surface area contributed by atoms with Crippen LogP contribution in [0.2, 0.25) is 0 Å². The van der Waals surface area contributed by atoms with Crippen molar-refractivity contribution in [3.63, 3.8) is 0 Å². The fourth-order valence-electron chi connectivity index (χ4n) is 2.46. The number of amides is 1. The van der Waals surface area contributed by atoms with E-state index in [1.165, 1.54) is 0 Å². The van der Waals surface area contributed by atoms with Crippen LogP contribution in [0.3, 0.4) is 0 Å². The SMILES string of the molecule is O=C(NC1C2CNCC21)C1CSCN1. The summed E-state index contributed by atoms with van der Waals surface area (Å²) in [5, 5.41) is 9.66. The van der Waals surface area contributed by atoms with Crippen molar-refractivity contribution in [2.24, 2.45) is 11.8 Å². The smallest absolute Gasteiger partial charge is 0.238 e. The van der Waals surface area contributed by atoms with Gasteiger partial charge in [-0.15, -0.1) is 11.8 Å². The molecule has 0 aromatic rings. The Hall–Kier alpha value is -0.260. The Morgan fingerprint density at radius 1 is 1.36 bits per heavy atom. The van der Waals surface area contributed by atoms with E-state index in [-0.39, 0.29) is 11.9 Å². The van der Waals surface area contributed by atoms with Gasteiger partial charge >= 0.3 is 0 Å². The number of hydrogen-bond donors (Lipinski definition) is 3. The molecule has 0 radical (unpaired) electrons. The monoisotopic (exact) mass is 213 g/mol. The van der Waals surface area contributed by atoms with Crippen molar-refractivity contribution >= 4 is 17.7 Å². The van der Waals surface area contributed by atoms with Crippen molar-refractivity contribution in [1.82, 2.24) is 16.0 Å². The molecule has 2 heterocycles. The third kappa shape index (κ3) is 1.43. The molecule has 4 nitrogen and oxygen atoms in total. The van der Waals surface area contributed by atoms with E-state index in [9.17, 15) is 4.79 Å². The van der Waals surface area contributed by atoms with E-state index in [2.05, 4.69) is 16.0 Å². The zero-order chi connectivity index (χ0) is 9.54. The largest absolute Gasteiger partial charge is 0.351 e. The Morgan fingerprint density at radius 2 is 2.14 bits per heavy atom. The van der Waals surface area contributed by atoms with Gasteiger partial charge in [-0.1, -0.05) is 0 Å². The first-order valence-electron chi connectivity index (χ1n) is 5.18. The molecule has 5 heteroatoms. The molecule has 3 N–H and O–H groups in total. The third-order valence-corrected chi connectivity index (χ3v) is 4.37. The highest BCUT2D eigenvalue weighted by atomic mass is 32.2. The maximum Gasteiger partial charge on any atom is 0.238 e. The molecule has 3 rings (SSSR count). The number of carbonyl (C=O) groups is 1. The number of nitrogens with one attached hydrogen (secondary N) is 3. The minimum absolute atomic E-state index is 0.0503. The normalized spacial score (nSPS) is 44.9. The van der Waals surface area contributed by atoms with Gasteiger partial charge in [0.2, 0.25) is 5.91 Å². The van der Waals surface area contributed by atoms with Crippen LogP contribution in [0.5, 0.6) is 0 Å². The van der Waals surface area contributed by atoms with Crippen LogP contribution >= 0.6 is 11.8 Å². The van der Waals surface area contributed by atoms with E-state index in [0.717, 1.165) is 24.7 Å². The van der Waals surface area contributed by atoms with Crippen LogP contribution in [-0.2, 0) is 4.79 Å². The van der Waals surface area contributed by atoms with Gasteiger partial charge in [-0.25, -0.2) is 0 Å². The van der Waals surface area contributed by atoms with Gasteiger partial charge in [-0.2, -0.15) is 0 Å². The predicted octanol–water partition coefficient (Wildman–Crippen LogP) is -1.02. The lowest BCUT2D eigenvalue weighted by Crippen LogP contribution is -2.44. The molecule has 3 atom stereocenters. The standard InChI is InChI=1S/C9H15N3OS/c13-9(7-3-14-4-11-7)12-8-5-1-10-2-6(5)8/h5-8,10-11H,1-4H2,(H,12,13). The van der Waals surface area contributed by atoms with Crippen molar-refractivity contribution in [3.05, 3.63) is 0 Å². The van der Waals surface area contributed by atoms with E-state index in [0.29, 0.717) is 17.9 Å². The Balaban J connectivity index is 1.50. The van der Waals surface area contributed by atoms with E-state index in [1.54, 1.807) is 11.8 Å². The molecule has 0 bridgehead atoms. The molecule has 3 fully saturated rings. The maximum absolute atomic E-state index is 11.7. The van der Waals surface area contributed by atoms with Gasteiger partial charge in [-0.3, -0.25) is 10.1 Å². The summed E-state index contributed by atoms with van der Waals surface area (Å²) < 4.78 is 0. The average Bonchev–Trinajstić information content (AvgIpc) is 2.75. The molecule has 2 aliphatic heterocycles. The number of thioether (sulfide) groups is 1. The summed E-state index contributed by atoms with van der Waals surface area (Å²) in [5.41, 5.74) is 0. The zero-order valence-electron chi connectivity index (χ0n) is 7.95. The molecule has 78 valence electrons. The first kappa shape index (κ1) is 9.00. The molecule has 3 unspecified atom stereocenters. The number of piperidine rings is 1. The van der Waals surface area contributed by atoms with Gasteiger partial charge in [0, 0.05) is 30.8 Å². The summed E-state index contributed by atoms with van der Waals surface area (Å²) in [6.45, 7) is 2.17. The van der Waals surface area contributed by atoms with Crippen LogP contribution < -0.4 is 16.0 Å². The predicted molar refractivity (Wildman–Crippen MR) is 56.0 cm³/mol. The summed E-state index contributed by atoms with van der Waals surface area (Å²) in [5.74, 6) is 3.47. The number of rotatable bonds is 2. The van der Waals surface area contributed by atoms with E-state index >= 15 is 0 Å². The third-order valence-electron chi connectivity index (χ3n) is 3.43. The highest BCUT2D eigenvalue weighted by Gasteiger charge is 2.53. The molecule has 2 saturated heterocycles. The second kappa shape index (κ2) is 3.40. The van der Waals surface area contributed by atoms with Gasteiger partial charge in [0.25, 0.3) is 0 Å². The highest BCUT2D eigenvalue weighted by molar-refractivity contribution is 7.99. The summed E-state index contributed by atoms with van der Waals surface area (Å²) in [6, 6.07) is 0.519. The molecule has 1 aliphatic carbocycles. The Bertz CT molecular complexity index is 244. The molecule has 1 saturated carbocycles. The Labute approximate surface area is 87.6 Å². The molecule has 0 aromatic carbocycles. The van der Waals surface area contributed by atoms with E-state index in [4.69, 9.17) is 0 Å². The molecule has 0 spiro atoms. The van der Waals surface area contributed by atoms with Crippen molar-refractivity contribution in [2.75, 3.05) is 24.7 Å². The first-order chi connectivity index (χ1) is 6.86. The highest BCUT2D eigenvalue weighted by Crippen LogP contribution is 2.41. The lowest BCUT2D eigenvalue weighted by Gasteiger charge is -2.11.